The number of rotatable bonds is 3. The average molecular weight is 227 g/mol. The minimum Gasteiger partial charge on any atom is -0.481 e. The number of carboxylic acids is 2. The molecular weight excluding hydrogens is 210 g/mol. The van der Waals surface area contributed by atoms with Crippen molar-refractivity contribution in [2.75, 3.05) is 0 Å². The summed E-state index contributed by atoms with van der Waals surface area (Å²) in [4.78, 5) is 22.1. The summed E-state index contributed by atoms with van der Waals surface area (Å²) in [6, 6.07) is -0.848. The first-order chi connectivity index (χ1) is 7.42. The van der Waals surface area contributed by atoms with Gasteiger partial charge in [-0.3, -0.25) is 9.59 Å². The van der Waals surface area contributed by atoms with Gasteiger partial charge in [-0.05, 0) is 43.9 Å². The third-order valence-electron chi connectivity index (χ3n) is 4.68. The maximum Gasteiger partial charge on any atom is 0.321 e. The number of nitrogens with two attached hydrogens (primary N) is 1. The van der Waals surface area contributed by atoms with Crippen LogP contribution in [0.3, 0.4) is 0 Å². The Kier molecular flexibility index (Phi) is 2.45. The predicted octanol–water partition coefficient (Wildman–Crippen LogP) is 0.823. The lowest BCUT2D eigenvalue weighted by molar-refractivity contribution is -0.162. The van der Waals surface area contributed by atoms with E-state index in [9.17, 15) is 14.7 Å². The van der Waals surface area contributed by atoms with Crippen LogP contribution < -0.4 is 5.73 Å². The maximum atomic E-state index is 11.2. The van der Waals surface area contributed by atoms with Crippen LogP contribution in [0.4, 0.5) is 0 Å². The highest BCUT2D eigenvalue weighted by atomic mass is 16.4. The van der Waals surface area contributed by atoms with Crippen LogP contribution in [-0.2, 0) is 9.59 Å². The summed E-state index contributed by atoms with van der Waals surface area (Å²) in [5, 5.41) is 18.2. The first-order valence-corrected chi connectivity index (χ1v) is 5.64. The molecule has 0 spiro atoms. The lowest BCUT2D eigenvalue weighted by atomic mass is 9.51. The summed E-state index contributed by atoms with van der Waals surface area (Å²) in [5.41, 5.74) is 4.78. The third kappa shape index (κ3) is 1.42. The molecule has 4 N–H and O–H groups in total. The van der Waals surface area contributed by atoms with Crippen LogP contribution in [0, 0.1) is 10.8 Å². The van der Waals surface area contributed by atoms with Gasteiger partial charge in [-0.2, -0.15) is 0 Å². The minimum absolute atomic E-state index is 0.358. The zero-order chi connectivity index (χ0) is 12.0. The Balaban J connectivity index is 2.17. The molecule has 3 aliphatic rings. The highest BCUT2D eigenvalue weighted by Gasteiger charge is 2.55. The molecule has 16 heavy (non-hydrogen) atoms. The van der Waals surface area contributed by atoms with Gasteiger partial charge >= 0.3 is 11.9 Å². The fourth-order valence-electron chi connectivity index (χ4n) is 3.26. The fraction of sp³-hybridized carbons (Fsp3) is 0.818. The molecule has 5 nitrogen and oxygen atoms in total. The van der Waals surface area contributed by atoms with E-state index in [1.54, 1.807) is 0 Å². The topological polar surface area (TPSA) is 101 Å². The van der Waals surface area contributed by atoms with Crippen LogP contribution in [0.15, 0.2) is 0 Å². The number of fused-ring (bicyclic) bond motifs is 3. The van der Waals surface area contributed by atoms with Gasteiger partial charge in [0.15, 0.2) is 0 Å². The molecule has 0 aromatic rings. The van der Waals surface area contributed by atoms with E-state index in [0.717, 1.165) is 0 Å². The van der Waals surface area contributed by atoms with Gasteiger partial charge in [0.2, 0.25) is 0 Å². The van der Waals surface area contributed by atoms with Crippen molar-refractivity contribution >= 4 is 11.9 Å². The van der Waals surface area contributed by atoms with Crippen LogP contribution in [0.1, 0.15) is 38.5 Å². The van der Waals surface area contributed by atoms with Crippen LogP contribution >= 0.6 is 0 Å². The molecule has 0 heterocycles. The van der Waals surface area contributed by atoms with Crippen molar-refractivity contribution in [1.82, 2.24) is 0 Å². The van der Waals surface area contributed by atoms with E-state index in [0.29, 0.717) is 38.5 Å². The van der Waals surface area contributed by atoms with Crippen LogP contribution in [-0.4, -0.2) is 28.2 Å². The second-order valence-electron chi connectivity index (χ2n) is 5.26. The van der Waals surface area contributed by atoms with Gasteiger partial charge in [0.1, 0.15) is 6.04 Å². The normalized spacial score (nSPS) is 39.3. The van der Waals surface area contributed by atoms with E-state index in [-0.39, 0.29) is 5.41 Å². The molecule has 0 saturated heterocycles. The first kappa shape index (κ1) is 11.4. The fourth-order valence-corrected chi connectivity index (χ4v) is 3.26. The second kappa shape index (κ2) is 3.45. The summed E-state index contributed by atoms with van der Waals surface area (Å²) < 4.78 is 0. The van der Waals surface area contributed by atoms with Gasteiger partial charge in [0.05, 0.1) is 5.41 Å². The quantitative estimate of drug-likeness (QED) is 0.662. The molecule has 90 valence electrons. The lowest BCUT2D eigenvalue weighted by Gasteiger charge is -2.52. The van der Waals surface area contributed by atoms with Crippen molar-refractivity contribution in [3.05, 3.63) is 0 Å². The van der Waals surface area contributed by atoms with E-state index in [4.69, 9.17) is 10.8 Å². The monoisotopic (exact) mass is 227 g/mol. The van der Waals surface area contributed by atoms with Crippen LogP contribution in [0.5, 0.6) is 0 Å². The highest BCUT2D eigenvalue weighted by molar-refractivity contribution is 5.77. The number of hydrogen-bond acceptors (Lipinski definition) is 3. The summed E-state index contributed by atoms with van der Waals surface area (Å²) >= 11 is 0. The molecule has 0 amide bonds. The zero-order valence-electron chi connectivity index (χ0n) is 9.11. The van der Waals surface area contributed by atoms with Crippen molar-refractivity contribution in [3.63, 3.8) is 0 Å². The third-order valence-corrected chi connectivity index (χ3v) is 4.68. The van der Waals surface area contributed by atoms with Gasteiger partial charge in [-0.25, -0.2) is 0 Å². The molecule has 3 fully saturated rings. The molecule has 0 aromatic carbocycles. The Morgan fingerprint density at radius 3 is 1.75 bits per heavy atom. The van der Waals surface area contributed by atoms with Crippen molar-refractivity contribution in [3.8, 4) is 0 Å². The first-order valence-electron chi connectivity index (χ1n) is 5.64. The Morgan fingerprint density at radius 2 is 1.44 bits per heavy atom. The average Bonchev–Trinajstić information content (AvgIpc) is 2.30. The Labute approximate surface area is 93.6 Å². The highest BCUT2D eigenvalue weighted by Crippen LogP contribution is 2.58. The summed E-state index contributed by atoms with van der Waals surface area (Å²) in [6.07, 6.45) is 3.61. The van der Waals surface area contributed by atoms with E-state index in [2.05, 4.69) is 0 Å². The van der Waals surface area contributed by atoms with E-state index < -0.39 is 23.4 Å². The minimum atomic E-state index is -0.968. The molecule has 3 rings (SSSR count). The van der Waals surface area contributed by atoms with Crippen molar-refractivity contribution in [1.29, 1.82) is 0 Å². The molecule has 1 unspecified atom stereocenters. The number of aliphatic carboxylic acids is 2. The van der Waals surface area contributed by atoms with Crippen LogP contribution in [0.2, 0.25) is 0 Å². The molecule has 1 atom stereocenters. The lowest BCUT2D eigenvalue weighted by Crippen LogP contribution is -2.55. The van der Waals surface area contributed by atoms with Crippen molar-refractivity contribution in [2.24, 2.45) is 16.6 Å². The number of carbonyl (C=O) groups is 2. The molecule has 0 aliphatic heterocycles. The smallest absolute Gasteiger partial charge is 0.321 e. The largest absolute Gasteiger partial charge is 0.481 e. The molecular formula is C11H17NO4. The standard InChI is InChI=1S/C11H17NO4/c12-7(8(13)14)10-1-4-11(5-2-10,6-3-10)9(15)16/h7H,1-6,12H2,(H,13,14)(H,15,16). The second-order valence-corrected chi connectivity index (χ2v) is 5.26. The molecule has 3 aliphatic carbocycles. The van der Waals surface area contributed by atoms with E-state index >= 15 is 0 Å². The number of hydrogen-bond donors (Lipinski definition) is 3. The van der Waals surface area contributed by atoms with Gasteiger partial charge < -0.3 is 15.9 Å². The van der Waals surface area contributed by atoms with Gasteiger partial charge in [0, 0.05) is 0 Å². The summed E-state index contributed by atoms with van der Waals surface area (Å²) in [7, 11) is 0. The molecule has 0 radical (unpaired) electrons. The van der Waals surface area contributed by atoms with E-state index in [1.165, 1.54) is 0 Å². The Hall–Kier alpha value is -1.10. The zero-order valence-corrected chi connectivity index (χ0v) is 9.11. The summed E-state index contributed by atoms with van der Waals surface area (Å²) in [5.74, 6) is -1.70. The van der Waals surface area contributed by atoms with Crippen LogP contribution in [0.25, 0.3) is 0 Å². The molecule has 3 saturated carbocycles. The Bertz CT molecular complexity index is 314. The SMILES string of the molecule is NC(C(=O)O)C12CCC(C(=O)O)(CC1)CC2. The number of carboxylic acid groups (broad SMARTS) is 2. The molecule has 2 bridgehead atoms. The van der Waals surface area contributed by atoms with Gasteiger partial charge in [-0.1, -0.05) is 0 Å². The Morgan fingerprint density at radius 1 is 1.00 bits per heavy atom. The maximum absolute atomic E-state index is 11.2. The van der Waals surface area contributed by atoms with Crippen molar-refractivity contribution < 1.29 is 19.8 Å². The predicted molar refractivity (Wildman–Crippen MR) is 55.8 cm³/mol. The summed E-state index contributed by atoms with van der Waals surface area (Å²) in [6.45, 7) is 0. The van der Waals surface area contributed by atoms with E-state index in [1.807, 2.05) is 0 Å². The van der Waals surface area contributed by atoms with Crippen molar-refractivity contribution in [2.45, 2.75) is 44.6 Å². The molecule has 0 aromatic heterocycles. The molecule has 5 heteroatoms. The van der Waals surface area contributed by atoms with Gasteiger partial charge in [0.25, 0.3) is 0 Å². The van der Waals surface area contributed by atoms with Gasteiger partial charge in [-0.15, -0.1) is 0 Å².